The van der Waals surface area contributed by atoms with Gasteiger partial charge in [0.1, 0.15) is 11.2 Å². The third-order valence-electron chi connectivity index (χ3n) is 13.4. The number of hydrogen-bond donors (Lipinski definition) is 0. The number of hydrogen-bond acceptors (Lipinski definition) is 2. The van der Waals surface area contributed by atoms with Crippen molar-refractivity contribution in [1.29, 1.82) is 0 Å². The van der Waals surface area contributed by atoms with E-state index < -0.39 is 0 Å². The molecule has 0 saturated carbocycles. The van der Waals surface area contributed by atoms with Crippen LogP contribution in [0.3, 0.4) is 0 Å². The molecule has 0 radical (unpaired) electrons. The molecule has 0 spiro atoms. The van der Waals surface area contributed by atoms with E-state index in [4.69, 9.17) is 4.42 Å². The minimum absolute atomic E-state index is 0.892. The topological polar surface area (TPSA) is 16.4 Å². The van der Waals surface area contributed by atoms with Gasteiger partial charge in [0.2, 0.25) is 0 Å². The summed E-state index contributed by atoms with van der Waals surface area (Å²) in [5, 5.41) is 12.4. The molecular formula is C64H41NO. The van der Waals surface area contributed by atoms with Gasteiger partial charge >= 0.3 is 0 Å². The van der Waals surface area contributed by atoms with Crippen molar-refractivity contribution in [2.45, 2.75) is 0 Å². The van der Waals surface area contributed by atoms with Crippen LogP contribution in [0.1, 0.15) is 0 Å². The largest absolute Gasteiger partial charge is 0.456 e. The Labute approximate surface area is 382 Å². The molecule has 0 N–H and O–H groups in total. The summed E-state index contributed by atoms with van der Waals surface area (Å²) < 4.78 is 6.32. The van der Waals surface area contributed by atoms with E-state index in [-0.39, 0.29) is 0 Å². The van der Waals surface area contributed by atoms with Gasteiger partial charge in [-0.25, -0.2) is 0 Å². The lowest BCUT2D eigenvalue weighted by Crippen LogP contribution is -2.10. The molecule has 1 heterocycles. The number of benzene rings is 12. The maximum atomic E-state index is 6.32. The Morgan fingerprint density at radius 1 is 0.242 bits per heavy atom. The summed E-state index contributed by atoms with van der Waals surface area (Å²) in [6.07, 6.45) is 0. The maximum absolute atomic E-state index is 6.32. The normalized spacial score (nSPS) is 11.6. The number of para-hydroxylation sites is 1. The standard InChI is InChI=1S/C64H41NO/c1-3-13-56-46(9-1)26-28-52-39-49(33-38-58(52)56)45-31-36-54(37-32-45)65(55-12-7-11-51(40-55)59-16-8-18-63-64(59)60-15-5-6-17-62(60)66-63)53-34-29-43(30-35-53)42-19-21-44(22-20-42)50-27-25-48-24-23-47-10-2-4-14-57(47)61(48)41-50/h1-41H. The van der Waals surface area contributed by atoms with Gasteiger partial charge in [-0.2, -0.15) is 0 Å². The fourth-order valence-electron chi connectivity index (χ4n) is 10.1. The second kappa shape index (κ2) is 15.5. The fourth-order valence-corrected chi connectivity index (χ4v) is 10.1. The second-order valence-corrected chi connectivity index (χ2v) is 17.3. The van der Waals surface area contributed by atoms with Crippen molar-refractivity contribution < 1.29 is 4.42 Å². The third-order valence-corrected chi connectivity index (χ3v) is 13.4. The van der Waals surface area contributed by atoms with Gasteiger partial charge in [0.25, 0.3) is 0 Å². The lowest BCUT2D eigenvalue weighted by molar-refractivity contribution is 0.669. The van der Waals surface area contributed by atoms with Crippen molar-refractivity contribution in [2.75, 3.05) is 4.90 Å². The Morgan fingerprint density at radius 3 is 1.41 bits per heavy atom. The Morgan fingerprint density at radius 2 is 0.712 bits per heavy atom. The lowest BCUT2D eigenvalue weighted by Gasteiger charge is -2.26. The van der Waals surface area contributed by atoms with Gasteiger partial charge in [0, 0.05) is 27.8 Å². The van der Waals surface area contributed by atoms with Gasteiger partial charge in [0.15, 0.2) is 0 Å². The molecule has 0 bridgehead atoms. The van der Waals surface area contributed by atoms with E-state index in [0.29, 0.717) is 0 Å². The number of anilines is 3. The van der Waals surface area contributed by atoms with E-state index in [1.165, 1.54) is 76.5 Å². The van der Waals surface area contributed by atoms with Crippen LogP contribution < -0.4 is 4.90 Å². The van der Waals surface area contributed by atoms with Crippen molar-refractivity contribution >= 4 is 82.1 Å². The van der Waals surface area contributed by atoms with Gasteiger partial charge in [-0.3, -0.25) is 0 Å². The van der Waals surface area contributed by atoms with Crippen molar-refractivity contribution in [3.8, 4) is 44.5 Å². The highest BCUT2D eigenvalue weighted by molar-refractivity contribution is 6.13. The summed E-state index contributed by atoms with van der Waals surface area (Å²) in [6, 6.07) is 90.3. The maximum Gasteiger partial charge on any atom is 0.136 e. The molecule has 0 aliphatic rings. The quantitative estimate of drug-likeness (QED) is 0.149. The third kappa shape index (κ3) is 6.50. The van der Waals surface area contributed by atoms with Crippen LogP contribution in [0, 0.1) is 0 Å². The van der Waals surface area contributed by atoms with Crippen LogP contribution in [0.5, 0.6) is 0 Å². The van der Waals surface area contributed by atoms with Crippen LogP contribution in [-0.2, 0) is 0 Å². The number of nitrogens with zero attached hydrogens (tertiary/aromatic N) is 1. The molecule has 0 aliphatic carbocycles. The highest BCUT2D eigenvalue weighted by atomic mass is 16.3. The average molecular weight is 840 g/mol. The van der Waals surface area contributed by atoms with Gasteiger partial charge < -0.3 is 9.32 Å². The van der Waals surface area contributed by atoms with E-state index in [9.17, 15) is 0 Å². The summed E-state index contributed by atoms with van der Waals surface area (Å²) in [6.45, 7) is 0. The van der Waals surface area contributed by atoms with Crippen LogP contribution in [0.4, 0.5) is 17.1 Å². The molecule has 13 rings (SSSR count). The molecule has 13 aromatic rings. The summed E-state index contributed by atoms with van der Waals surface area (Å²) in [4.78, 5) is 2.36. The van der Waals surface area contributed by atoms with Crippen LogP contribution in [0.2, 0.25) is 0 Å². The highest BCUT2D eigenvalue weighted by Gasteiger charge is 2.17. The molecule has 1 aromatic heterocycles. The number of rotatable bonds is 7. The summed E-state index contributed by atoms with van der Waals surface area (Å²) in [5.41, 5.74) is 14.4. The summed E-state index contributed by atoms with van der Waals surface area (Å²) in [5.74, 6) is 0. The van der Waals surface area contributed by atoms with Crippen molar-refractivity contribution in [2.24, 2.45) is 0 Å². The zero-order valence-corrected chi connectivity index (χ0v) is 36.0. The SMILES string of the molecule is c1cc(-c2cccc3oc4ccccc4c23)cc(N(c2ccc(-c3ccc(-c4ccc5ccc6ccccc6c5c4)cc3)cc2)c2ccc(-c3ccc4c(ccc5ccccc54)c3)cc2)c1. The molecular weight excluding hydrogens is 799 g/mol. The van der Waals surface area contributed by atoms with Crippen molar-refractivity contribution in [3.05, 3.63) is 249 Å². The van der Waals surface area contributed by atoms with Crippen LogP contribution >= 0.6 is 0 Å². The molecule has 0 amide bonds. The first-order chi connectivity index (χ1) is 32.7. The van der Waals surface area contributed by atoms with Crippen molar-refractivity contribution in [3.63, 3.8) is 0 Å². The molecule has 0 saturated heterocycles. The first-order valence-corrected chi connectivity index (χ1v) is 22.6. The molecule has 12 aromatic carbocycles. The Bertz CT molecular complexity index is 3970. The first-order valence-electron chi connectivity index (χ1n) is 22.6. The van der Waals surface area contributed by atoms with E-state index in [2.05, 4.69) is 241 Å². The zero-order chi connectivity index (χ0) is 43.6. The Kier molecular flexibility index (Phi) is 8.89. The lowest BCUT2D eigenvalue weighted by atomic mass is 9.96. The minimum Gasteiger partial charge on any atom is -0.456 e. The molecule has 0 unspecified atom stereocenters. The smallest absolute Gasteiger partial charge is 0.136 e. The molecule has 0 fully saturated rings. The highest BCUT2D eigenvalue weighted by Crippen LogP contribution is 2.42. The molecule has 2 nitrogen and oxygen atoms in total. The van der Waals surface area contributed by atoms with Crippen LogP contribution in [0.25, 0.3) is 110 Å². The molecule has 2 heteroatoms. The zero-order valence-electron chi connectivity index (χ0n) is 36.0. The number of fused-ring (bicyclic) bond motifs is 9. The molecule has 0 atom stereocenters. The Hall–Kier alpha value is -8.72. The minimum atomic E-state index is 0.892. The van der Waals surface area contributed by atoms with Crippen molar-refractivity contribution in [1.82, 2.24) is 0 Å². The predicted molar refractivity (Wildman–Crippen MR) is 280 cm³/mol. The van der Waals surface area contributed by atoms with Crippen LogP contribution in [-0.4, -0.2) is 0 Å². The van der Waals surface area contributed by atoms with E-state index in [1.54, 1.807) is 0 Å². The number of furan rings is 1. The van der Waals surface area contributed by atoms with Gasteiger partial charge in [-0.15, -0.1) is 0 Å². The first kappa shape index (κ1) is 37.8. The van der Waals surface area contributed by atoms with Gasteiger partial charge in [-0.1, -0.05) is 188 Å². The van der Waals surface area contributed by atoms with E-state index in [0.717, 1.165) is 50.1 Å². The molecule has 0 aliphatic heterocycles. The molecule has 66 heavy (non-hydrogen) atoms. The molecule has 308 valence electrons. The van der Waals surface area contributed by atoms with Crippen LogP contribution in [0.15, 0.2) is 253 Å². The predicted octanol–water partition coefficient (Wildman–Crippen LogP) is 18.3. The van der Waals surface area contributed by atoms with Gasteiger partial charge in [0.05, 0.1) is 0 Å². The summed E-state index contributed by atoms with van der Waals surface area (Å²) >= 11 is 0. The summed E-state index contributed by atoms with van der Waals surface area (Å²) in [7, 11) is 0. The van der Waals surface area contributed by atoms with Gasteiger partial charge in [-0.05, 0) is 148 Å². The fraction of sp³-hybridized carbons (Fsp3) is 0. The second-order valence-electron chi connectivity index (χ2n) is 17.3. The average Bonchev–Trinajstić information content (AvgIpc) is 3.78. The monoisotopic (exact) mass is 839 g/mol. The van der Waals surface area contributed by atoms with E-state index in [1.807, 2.05) is 12.1 Å². The van der Waals surface area contributed by atoms with E-state index >= 15 is 0 Å². The Balaban J connectivity index is 0.867.